The summed E-state index contributed by atoms with van der Waals surface area (Å²) in [5, 5.41) is 0. The summed E-state index contributed by atoms with van der Waals surface area (Å²) in [4.78, 5) is 14.0. The number of halogens is 3. The van der Waals surface area contributed by atoms with Gasteiger partial charge in [-0.3, -0.25) is 4.79 Å². The number of rotatable bonds is 1. The zero-order chi connectivity index (χ0) is 15.0. The van der Waals surface area contributed by atoms with E-state index in [-0.39, 0.29) is 11.5 Å². The number of para-hydroxylation sites is 1. The van der Waals surface area contributed by atoms with E-state index in [1.54, 1.807) is 4.90 Å². The van der Waals surface area contributed by atoms with Gasteiger partial charge in [0.1, 0.15) is 0 Å². The zero-order valence-corrected chi connectivity index (χ0v) is 11.0. The predicted molar refractivity (Wildman–Crippen MR) is 73.3 cm³/mol. The minimum Gasteiger partial charge on any atom is -0.308 e. The first-order valence-electron chi connectivity index (χ1n) is 6.54. The van der Waals surface area contributed by atoms with Crippen molar-refractivity contribution in [2.75, 3.05) is 11.4 Å². The Kier molecular flexibility index (Phi) is 3.20. The first-order valence-corrected chi connectivity index (χ1v) is 6.54. The quantitative estimate of drug-likeness (QED) is 0.780. The van der Waals surface area contributed by atoms with Crippen LogP contribution in [0, 0.1) is 0 Å². The minimum atomic E-state index is -4.39. The summed E-state index contributed by atoms with van der Waals surface area (Å²) >= 11 is 0. The summed E-state index contributed by atoms with van der Waals surface area (Å²) in [6, 6.07) is 11.9. The van der Waals surface area contributed by atoms with Gasteiger partial charge >= 0.3 is 6.18 Å². The molecule has 1 amide bonds. The van der Waals surface area contributed by atoms with Gasteiger partial charge in [0.15, 0.2) is 0 Å². The van der Waals surface area contributed by atoms with Crippen molar-refractivity contribution in [3.8, 4) is 0 Å². The Labute approximate surface area is 119 Å². The van der Waals surface area contributed by atoms with Gasteiger partial charge in [0.2, 0.25) is 0 Å². The topological polar surface area (TPSA) is 20.3 Å². The molecule has 0 atom stereocenters. The van der Waals surface area contributed by atoms with Gasteiger partial charge in [0, 0.05) is 17.8 Å². The fourth-order valence-electron chi connectivity index (χ4n) is 2.51. The number of fused-ring (bicyclic) bond motifs is 1. The molecule has 1 aliphatic heterocycles. The van der Waals surface area contributed by atoms with E-state index in [1.165, 1.54) is 12.1 Å². The average Bonchev–Trinajstić information content (AvgIpc) is 2.90. The van der Waals surface area contributed by atoms with E-state index in [4.69, 9.17) is 0 Å². The van der Waals surface area contributed by atoms with Crippen LogP contribution < -0.4 is 4.90 Å². The van der Waals surface area contributed by atoms with E-state index < -0.39 is 11.7 Å². The van der Waals surface area contributed by atoms with E-state index in [0.717, 1.165) is 29.8 Å². The molecule has 1 aliphatic rings. The monoisotopic (exact) mass is 291 g/mol. The first-order chi connectivity index (χ1) is 9.97. The Hall–Kier alpha value is -2.30. The smallest absolute Gasteiger partial charge is 0.308 e. The van der Waals surface area contributed by atoms with Gasteiger partial charge in [-0.25, -0.2) is 0 Å². The third kappa shape index (κ3) is 2.51. The molecule has 2 nitrogen and oxygen atoms in total. The van der Waals surface area contributed by atoms with Gasteiger partial charge in [0.05, 0.1) is 5.56 Å². The molecule has 0 saturated carbocycles. The number of nitrogens with zero attached hydrogens (tertiary/aromatic N) is 1. The van der Waals surface area contributed by atoms with Crippen molar-refractivity contribution in [3.05, 3.63) is 65.2 Å². The molecule has 0 bridgehead atoms. The van der Waals surface area contributed by atoms with Crippen molar-refractivity contribution in [3.63, 3.8) is 0 Å². The summed E-state index contributed by atoms with van der Waals surface area (Å²) in [5.41, 5.74) is 1.43. The molecule has 108 valence electrons. The summed E-state index contributed by atoms with van der Waals surface area (Å²) in [7, 11) is 0. The second kappa shape index (κ2) is 4.91. The molecular weight excluding hydrogens is 279 g/mol. The third-order valence-electron chi connectivity index (χ3n) is 3.59. The van der Waals surface area contributed by atoms with Crippen LogP contribution in [0.2, 0.25) is 0 Å². The second-order valence-corrected chi connectivity index (χ2v) is 4.91. The van der Waals surface area contributed by atoms with Crippen LogP contribution in [-0.4, -0.2) is 12.5 Å². The number of hydrogen-bond acceptors (Lipinski definition) is 1. The van der Waals surface area contributed by atoms with Gasteiger partial charge in [0.25, 0.3) is 5.91 Å². The molecule has 0 fully saturated rings. The van der Waals surface area contributed by atoms with E-state index in [9.17, 15) is 18.0 Å². The maximum atomic E-state index is 12.5. The molecule has 0 saturated heterocycles. The summed E-state index contributed by atoms with van der Waals surface area (Å²) in [5.74, 6) is -0.270. The highest BCUT2D eigenvalue weighted by molar-refractivity contribution is 6.07. The van der Waals surface area contributed by atoms with Crippen LogP contribution in [0.3, 0.4) is 0 Å². The SMILES string of the molecule is O=C(c1ccc(C(F)(F)F)cc1)N1CCc2ccccc21. The summed E-state index contributed by atoms with van der Waals surface area (Å²) in [6.07, 6.45) is -3.62. The van der Waals surface area contributed by atoms with Crippen molar-refractivity contribution >= 4 is 11.6 Å². The highest BCUT2D eigenvalue weighted by Crippen LogP contribution is 2.31. The van der Waals surface area contributed by atoms with Crippen molar-refractivity contribution in [1.29, 1.82) is 0 Å². The van der Waals surface area contributed by atoms with Crippen LogP contribution >= 0.6 is 0 Å². The van der Waals surface area contributed by atoms with Crippen LogP contribution in [0.25, 0.3) is 0 Å². The normalized spacial score (nSPS) is 14.1. The highest BCUT2D eigenvalue weighted by atomic mass is 19.4. The standard InChI is InChI=1S/C16H12F3NO/c17-16(18,19)13-7-5-12(6-8-13)15(21)20-10-9-11-3-1-2-4-14(11)20/h1-8H,9-10H2. The number of carbonyl (C=O) groups is 1. The predicted octanol–water partition coefficient (Wildman–Crippen LogP) is 3.91. The van der Waals surface area contributed by atoms with Gasteiger partial charge in [-0.15, -0.1) is 0 Å². The van der Waals surface area contributed by atoms with Crippen LogP contribution in [-0.2, 0) is 12.6 Å². The largest absolute Gasteiger partial charge is 0.416 e. The summed E-state index contributed by atoms with van der Waals surface area (Å²) < 4.78 is 37.6. The molecule has 1 heterocycles. The Balaban J connectivity index is 1.87. The van der Waals surface area contributed by atoms with Crippen LogP contribution in [0.1, 0.15) is 21.5 Å². The van der Waals surface area contributed by atoms with Crippen LogP contribution in [0.4, 0.5) is 18.9 Å². The van der Waals surface area contributed by atoms with E-state index in [0.29, 0.717) is 6.54 Å². The molecule has 0 aromatic heterocycles. The lowest BCUT2D eigenvalue weighted by Crippen LogP contribution is -2.28. The molecule has 0 radical (unpaired) electrons. The van der Waals surface area contributed by atoms with Crippen molar-refractivity contribution in [1.82, 2.24) is 0 Å². The fraction of sp³-hybridized carbons (Fsp3) is 0.188. The van der Waals surface area contributed by atoms with Gasteiger partial charge < -0.3 is 4.90 Å². The van der Waals surface area contributed by atoms with Crippen molar-refractivity contribution in [2.24, 2.45) is 0 Å². The van der Waals surface area contributed by atoms with E-state index >= 15 is 0 Å². The van der Waals surface area contributed by atoms with Crippen molar-refractivity contribution in [2.45, 2.75) is 12.6 Å². The number of alkyl halides is 3. The minimum absolute atomic E-state index is 0.264. The Morgan fingerprint density at radius 2 is 1.67 bits per heavy atom. The molecule has 21 heavy (non-hydrogen) atoms. The third-order valence-corrected chi connectivity index (χ3v) is 3.59. The fourth-order valence-corrected chi connectivity index (χ4v) is 2.51. The first kappa shape index (κ1) is 13.7. The molecule has 0 spiro atoms. The van der Waals surface area contributed by atoms with Crippen molar-refractivity contribution < 1.29 is 18.0 Å². The number of benzene rings is 2. The highest BCUT2D eigenvalue weighted by Gasteiger charge is 2.31. The number of carbonyl (C=O) groups excluding carboxylic acids is 1. The molecule has 2 aromatic carbocycles. The van der Waals surface area contributed by atoms with Gasteiger partial charge in [-0.2, -0.15) is 13.2 Å². The molecule has 5 heteroatoms. The number of amides is 1. The lowest BCUT2D eigenvalue weighted by atomic mass is 10.1. The molecule has 0 unspecified atom stereocenters. The van der Waals surface area contributed by atoms with Gasteiger partial charge in [-0.05, 0) is 42.3 Å². The maximum Gasteiger partial charge on any atom is 0.416 e. The van der Waals surface area contributed by atoms with E-state index in [1.807, 2.05) is 24.3 Å². The Morgan fingerprint density at radius 1 is 1.00 bits per heavy atom. The summed E-state index contributed by atoms with van der Waals surface area (Å²) in [6.45, 7) is 0.555. The lowest BCUT2D eigenvalue weighted by Gasteiger charge is -2.17. The van der Waals surface area contributed by atoms with Crippen LogP contribution in [0.15, 0.2) is 48.5 Å². The molecular formula is C16H12F3NO. The van der Waals surface area contributed by atoms with E-state index in [2.05, 4.69) is 0 Å². The second-order valence-electron chi connectivity index (χ2n) is 4.91. The molecule has 3 rings (SSSR count). The molecule has 0 aliphatic carbocycles. The molecule has 0 N–H and O–H groups in total. The number of anilines is 1. The Bertz CT molecular complexity index is 677. The zero-order valence-electron chi connectivity index (χ0n) is 11.0. The Morgan fingerprint density at radius 3 is 2.33 bits per heavy atom. The maximum absolute atomic E-state index is 12.5. The van der Waals surface area contributed by atoms with Crippen LogP contribution in [0.5, 0.6) is 0 Å². The number of hydrogen-bond donors (Lipinski definition) is 0. The molecule has 2 aromatic rings. The van der Waals surface area contributed by atoms with Gasteiger partial charge in [-0.1, -0.05) is 18.2 Å². The lowest BCUT2D eigenvalue weighted by molar-refractivity contribution is -0.137. The average molecular weight is 291 g/mol.